The third-order valence-electron chi connectivity index (χ3n) is 6.39. The molecule has 2 aromatic carbocycles. The van der Waals surface area contributed by atoms with Crippen molar-refractivity contribution in [1.82, 2.24) is 15.1 Å². The van der Waals surface area contributed by atoms with Crippen molar-refractivity contribution in [3.63, 3.8) is 0 Å². The van der Waals surface area contributed by atoms with Gasteiger partial charge in [0.05, 0.1) is 0 Å². The van der Waals surface area contributed by atoms with E-state index in [9.17, 15) is 14.4 Å². The Balaban J connectivity index is 1.56. The molecule has 2 aliphatic rings. The Morgan fingerprint density at radius 2 is 1.68 bits per heavy atom. The highest BCUT2D eigenvalue weighted by molar-refractivity contribution is 9.10. The lowest BCUT2D eigenvalue weighted by Gasteiger charge is -2.32. The largest absolute Gasteiger partial charge is 0.350 e. The van der Waals surface area contributed by atoms with Crippen LogP contribution in [0.15, 0.2) is 53.0 Å². The third kappa shape index (κ3) is 5.59. The predicted octanol–water partition coefficient (Wildman–Crippen LogP) is 3.46. The molecule has 1 unspecified atom stereocenters. The molecule has 0 radical (unpaired) electrons. The van der Waals surface area contributed by atoms with Gasteiger partial charge in [-0.15, -0.1) is 0 Å². The number of halogens is 1. The molecule has 1 heterocycles. The molecule has 4 rings (SSSR count). The van der Waals surface area contributed by atoms with Crippen molar-refractivity contribution in [2.45, 2.75) is 50.9 Å². The summed E-state index contributed by atoms with van der Waals surface area (Å²) in [4.78, 5) is 42.9. The van der Waals surface area contributed by atoms with Crippen molar-refractivity contribution in [2.75, 3.05) is 18.4 Å². The van der Waals surface area contributed by atoms with Gasteiger partial charge in [-0.2, -0.15) is 0 Å². The summed E-state index contributed by atoms with van der Waals surface area (Å²) in [5, 5.41) is 5.94. The van der Waals surface area contributed by atoms with E-state index >= 15 is 0 Å². The molecule has 2 aromatic rings. The Morgan fingerprint density at radius 3 is 2.38 bits per heavy atom. The maximum absolute atomic E-state index is 13.5. The van der Waals surface area contributed by atoms with Gasteiger partial charge >= 0.3 is 6.03 Å². The SMILES string of the molecule is Cc1cccc(NC(=O)N2CCN(C(=O)c3cccc(Br)c3)C2C(=O)NC2CCC(N)CC2)c1. The maximum Gasteiger partial charge on any atom is 0.323 e. The van der Waals surface area contributed by atoms with Crippen LogP contribution >= 0.6 is 15.9 Å². The van der Waals surface area contributed by atoms with E-state index in [1.165, 1.54) is 9.80 Å². The van der Waals surface area contributed by atoms with E-state index in [1.54, 1.807) is 24.3 Å². The molecule has 1 saturated heterocycles. The molecule has 0 aromatic heterocycles. The first-order valence-electron chi connectivity index (χ1n) is 11.6. The summed E-state index contributed by atoms with van der Waals surface area (Å²) in [7, 11) is 0. The lowest BCUT2D eigenvalue weighted by molar-refractivity contribution is -0.128. The molecule has 1 aliphatic carbocycles. The van der Waals surface area contributed by atoms with E-state index in [4.69, 9.17) is 5.73 Å². The highest BCUT2D eigenvalue weighted by Gasteiger charge is 2.43. The molecule has 180 valence electrons. The molecule has 4 amide bonds. The van der Waals surface area contributed by atoms with Crippen LogP contribution in [0.4, 0.5) is 10.5 Å². The van der Waals surface area contributed by atoms with Crippen LogP contribution in [-0.4, -0.2) is 59.0 Å². The molecular weight excluding hydrogens is 498 g/mol. The fourth-order valence-corrected chi connectivity index (χ4v) is 4.98. The number of hydrogen-bond donors (Lipinski definition) is 3. The average Bonchev–Trinajstić information content (AvgIpc) is 3.26. The van der Waals surface area contributed by atoms with Gasteiger partial charge in [-0.25, -0.2) is 4.79 Å². The van der Waals surface area contributed by atoms with E-state index in [-0.39, 0.29) is 37.0 Å². The summed E-state index contributed by atoms with van der Waals surface area (Å²) in [6.07, 6.45) is 2.22. The summed E-state index contributed by atoms with van der Waals surface area (Å²) in [5.41, 5.74) is 8.11. The Bertz CT molecular complexity index is 1070. The first-order chi connectivity index (χ1) is 16.3. The number of amides is 4. The highest BCUT2D eigenvalue weighted by Crippen LogP contribution is 2.23. The third-order valence-corrected chi connectivity index (χ3v) is 6.88. The molecule has 34 heavy (non-hydrogen) atoms. The predicted molar refractivity (Wildman–Crippen MR) is 134 cm³/mol. The van der Waals surface area contributed by atoms with Crippen molar-refractivity contribution in [2.24, 2.45) is 5.73 Å². The molecule has 8 nitrogen and oxygen atoms in total. The molecule has 1 aliphatic heterocycles. The number of carbonyl (C=O) groups excluding carboxylic acids is 3. The minimum Gasteiger partial charge on any atom is -0.350 e. The van der Waals surface area contributed by atoms with E-state index in [0.717, 1.165) is 35.7 Å². The van der Waals surface area contributed by atoms with Gasteiger partial charge in [0.1, 0.15) is 0 Å². The first-order valence-corrected chi connectivity index (χ1v) is 12.4. The number of carbonyl (C=O) groups is 3. The van der Waals surface area contributed by atoms with E-state index < -0.39 is 12.2 Å². The number of anilines is 1. The van der Waals surface area contributed by atoms with E-state index in [2.05, 4.69) is 26.6 Å². The zero-order valence-corrected chi connectivity index (χ0v) is 20.8. The lowest BCUT2D eigenvalue weighted by Crippen LogP contribution is -2.56. The number of nitrogens with two attached hydrogens (primary N) is 1. The van der Waals surface area contributed by atoms with E-state index in [0.29, 0.717) is 11.3 Å². The topological polar surface area (TPSA) is 108 Å². The number of rotatable bonds is 4. The Labute approximate surface area is 208 Å². The summed E-state index contributed by atoms with van der Waals surface area (Å²) < 4.78 is 0.770. The molecule has 0 spiro atoms. The summed E-state index contributed by atoms with van der Waals surface area (Å²) in [6.45, 7) is 2.46. The molecule has 1 atom stereocenters. The van der Waals surface area contributed by atoms with Crippen LogP contribution < -0.4 is 16.4 Å². The number of benzene rings is 2. The monoisotopic (exact) mass is 527 g/mol. The van der Waals surface area contributed by atoms with Crippen LogP contribution in [-0.2, 0) is 4.79 Å². The van der Waals surface area contributed by atoms with Crippen molar-refractivity contribution >= 4 is 39.5 Å². The van der Waals surface area contributed by atoms with Gasteiger partial charge in [-0.05, 0) is 68.5 Å². The number of nitrogens with one attached hydrogen (secondary N) is 2. The Morgan fingerprint density at radius 1 is 0.971 bits per heavy atom. The second kappa shape index (κ2) is 10.6. The number of nitrogens with zero attached hydrogens (tertiary/aromatic N) is 2. The molecule has 4 N–H and O–H groups in total. The Hall–Kier alpha value is -2.91. The number of aryl methyl sites for hydroxylation is 1. The fourth-order valence-electron chi connectivity index (χ4n) is 4.58. The quantitative estimate of drug-likeness (QED) is 0.565. The maximum atomic E-state index is 13.5. The molecule has 1 saturated carbocycles. The summed E-state index contributed by atoms with van der Waals surface area (Å²) in [5.74, 6) is -0.640. The lowest BCUT2D eigenvalue weighted by atomic mass is 9.92. The van der Waals surface area contributed by atoms with Crippen LogP contribution in [0.1, 0.15) is 41.6 Å². The molecule has 0 bridgehead atoms. The van der Waals surface area contributed by atoms with Crippen LogP contribution in [0, 0.1) is 6.92 Å². The minimum atomic E-state index is -1.04. The van der Waals surface area contributed by atoms with Gasteiger partial charge in [0.15, 0.2) is 6.17 Å². The first kappa shape index (κ1) is 24.2. The minimum absolute atomic E-state index is 0.0163. The van der Waals surface area contributed by atoms with Crippen molar-refractivity contribution in [3.8, 4) is 0 Å². The van der Waals surface area contributed by atoms with Gasteiger partial charge in [-0.3, -0.25) is 14.5 Å². The smallest absolute Gasteiger partial charge is 0.323 e. The molecule has 9 heteroatoms. The number of urea groups is 1. The van der Waals surface area contributed by atoms with Crippen LogP contribution in [0.3, 0.4) is 0 Å². The summed E-state index contributed by atoms with van der Waals surface area (Å²) in [6, 6.07) is 14.2. The summed E-state index contributed by atoms with van der Waals surface area (Å²) >= 11 is 3.40. The zero-order valence-electron chi connectivity index (χ0n) is 19.2. The van der Waals surface area contributed by atoms with Crippen molar-refractivity contribution in [3.05, 3.63) is 64.1 Å². The second-order valence-corrected chi connectivity index (χ2v) is 9.91. The van der Waals surface area contributed by atoms with Gasteiger partial charge in [0, 0.05) is 40.9 Å². The van der Waals surface area contributed by atoms with Gasteiger partial charge in [-0.1, -0.05) is 34.1 Å². The normalized spacial score (nSPS) is 22.4. The van der Waals surface area contributed by atoms with Crippen LogP contribution in [0.25, 0.3) is 0 Å². The second-order valence-electron chi connectivity index (χ2n) is 9.00. The highest BCUT2D eigenvalue weighted by atomic mass is 79.9. The van der Waals surface area contributed by atoms with Crippen LogP contribution in [0.5, 0.6) is 0 Å². The van der Waals surface area contributed by atoms with Gasteiger partial charge in [0.25, 0.3) is 11.8 Å². The van der Waals surface area contributed by atoms with E-state index in [1.807, 2.05) is 31.2 Å². The van der Waals surface area contributed by atoms with Gasteiger partial charge in [0.2, 0.25) is 0 Å². The zero-order chi connectivity index (χ0) is 24.2. The Kier molecular flexibility index (Phi) is 7.53. The van der Waals surface area contributed by atoms with Crippen LogP contribution in [0.2, 0.25) is 0 Å². The number of hydrogen-bond acceptors (Lipinski definition) is 4. The molecular formula is C25H30BrN5O3. The standard InChI is InChI=1S/C25H30BrN5O3/c1-16-4-2-7-21(14-16)29-25(34)31-13-12-30(24(33)17-5-3-6-18(26)15-17)23(31)22(32)28-20-10-8-19(27)9-11-20/h2-7,14-15,19-20,23H,8-13,27H2,1H3,(H,28,32)(H,29,34). The van der Waals surface area contributed by atoms with Crippen molar-refractivity contribution < 1.29 is 14.4 Å². The fraction of sp³-hybridized carbons (Fsp3) is 0.400. The molecule has 2 fully saturated rings. The van der Waals surface area contributed by atoms with Crippen molar-refractivity contribution in [1.29, 1.82) is 0 Å². The van der Waals surface area contributed by atoms with Gasteiger partial charge < -0.3 is 21.3 Å². The average molecular weight is 528 g/mol.